The monoisotopic (exact) mass is 476 g/mol. The number of ether oxygens (including phenoxy) is 1. The molecule has 0 fully saturated rings. The summed E-state index contributed by atoms with van der Waals surface area (Å²) >= 11 is 6.25. The number of hydrogen-bond acceptors (Lipinski definition) is 9. The minimum absolute atomic E-state index is 0.00468. The number of nitro groups is 1. The largest absolute Gasteiger partial charge is 0.493 e. The van der Waals surface area contributed by atoms with Crippen molar-refractivity contribution in [3.05, 3.63) is 81.0 Å². The van der Waals surface area contributed by atoms with Gasteiger partial charge in [-0.05, 0) is 42.8 Å². The third-order valence-electron chi connectivity index (χ3n) is 4.11. The van der Waals surface area contributed by atoms with E-state index >= 15 is 0 Å². The summed E-state index contributed by atoms with van der Waals surface area (Å²) in [6.45, 7) is 1.84. The third-order valence-corrected chi connectivity index (χ3v) is 5.62. The summed E-state index contributed by atoms with van der Waals surface area (Å²) in [5.41, 5.74) is 3.85. The molecule has 0 bridgehead atoms. The van der Waals surface area contributed by atoms with Crippen LogP contribution in [0.5, 0.6) is 11.5 Å². The van der Waals surface area contributed by atoms with Crippen molar-refractivity contribution in [2.24, 2.45) is 5.10 Å². The maximum atomic E-state index is 12.6. The Labute approximate surface area is 188 Å². The molecule has 3 aromatic rings. The lowest BCUT2D eigenvalue weighted by atomic mass is 10.2. The molecule has 0 unspecified atom stereocenters. The Bertz CT molecular complexity index is 1260. The molecule has 0 aliphatic heterocycles. The Kier molecular flexibility index (Phi) is 6.91. The first-order chi connectivity index (χ1) is 15.2. The molecular formula is C20H17ClN4O6S. The normalized spacial score (nSPS) is 11.3. The van der Waals surface area contributed by atoms with Crippen molar-refractivity contribution in [3.8, 4) is 11.5 Å². The lowest BCUT2D eigenvalue weighted by Crippen LogP contribution is -2.11. The van der Waals surface area contributed by atoms with E-state index < -0.39 is 15.0 Å². The number of rotatable bonds is 8. The summed E-state index contributed by atoms with van der Waals surface area (Å²) < 4.78 is 35.6. The van der Waals surface area contributed by atoms with E-state index in [2.05, 4.69) is 15.5 Å². The average molecular weight is 477 g/mol. The summed E-state index contributed by atoms with van der Waals surface area (Å²) in [4.78, 5) is 13.9. The number of benzene rings is 2. The van der Waals surface area contributed by atoms with E-state index in [0.29, 0.717) is 5.56 Å². The van der Waals surface area contributed by atoms with Crippen molar-refractivity contribution in [3.63, 3.8) is 0 Å². The van der Waals surface area contributed by atoms with Gasteiger partial charge >= 0.3 is 10.1 Å². The summed E-state index contributed by atoms with van der Waals surface area (Å²) in [6, 6.07) is 11.8. The molecule has 0 radical (unpaired) electrons. The molecule has 0 aliphatic rings. The van der Waals surface area contributed by atoms with Crippen molar-refractivity contribution in [1.82, 2.24) is 4.98 Å². The molecule has 0 aliphatic carbocycles. The summed E-state index contributed by atoms with van der Waals surface area (Å²) in [5, 5.41) is 14.6. The van der Waals surface area contributed by atoms with Crippen LogP contribution in [0, 0.1) is 17.0 Å². The maximum Gasteiger partial charge on any atom is 0.339 e. The highest BCUT2D eigenvalue weighted by Crippen LogP contribution is 2.38. The van der Waals surface area contributed by atoms with Gasteiger partial charge in [0.2, 0.25) is 5.75 Å². The number of hydrogen-bond donors (Lipinski definition) is 1. The molecular weight excluding hydrogens is 460 g/mol. The van der Waals surface area contributed by atoms with Gasteiger partial charge in [-0.25, -0.2) is 4.98 Å². The van der Waals surface area contributed by atoms with Crippen molar-refractivity contribution in [2.75, 3.05) is 12.5 Å². The maximum absolute atomic E-state index is 12.6. The number of methoxy groups -OCH3 is 1. The predicted molar refractivity (Wildman–Crippen MR) is 119 cm³/mol. The second kappa shape index (κ2) is 9.62. The topological polar surface area (TPSA) is 133 Å². The van der Waals surface area contributed by atoms with Gasteiger partial charge in [0.15, 0.2) is 5.75 Å². The standard InChI is InChI=1S/C20H17ClN4O6S/c1-13-3-6-16(7-4-13)32(28,29)31-20-17(21)9-14(10-18(20)30-2)11-23-24-19-8-5-15(12-22-19)25(26)27/h3-12H,1-2H3,(H,22,24)/b23-11+. The highest BCUT2D eigenvalue weighted by molar-refractivity contribution is 7.87. The van der Waals surface area contributed by atoms with Gasteiger partial charge in [-0.15, -0.1) is 0 Å². The van der Waals surface area contributed by atoms with Crippen molar-refractivity contribution in [1.29, 1.82) is 0 Å². The zero-order valence-corrected chi connectivity index (χ0v) is 18.4. The second-order valence-electron chi connectivity index (χ2n) is 6.41. The second-order valence-corrected chi connectivity index (χ2v) is 8.37. The summed E-state index contributed by atoms with van der Waals surface area (Å²) in [6.07, 6.45) is 2.48. The third kappa shape index (κ3) is 5.50. The Balaban J connectivity index is 1.79. The molecule has 32 heavy (non-hydrogen) atoms. The quantitative estimate of drug-likeness (QED) is 0.221. The fourth-order valence-corrected chi connectivity index (χ4v) is 3.75. The Morgan fingerprint density at radius 1 is 1.19 bits per heavy atom. The number of aromatic nitrogens is 1. The molecule has 0 atom stereocenters. The molecule has 3 rings (SSSR count). The Morgan fingerprint density at radius 2 is 1.91 bits per heavy atom. The lowest BCUT2D eigenvalue weighted by molar-refractivity contribution is -0.385. The SMILES string of the molecule is COc1cc(/C=N/Nc2ccc([N+](=O)[O-])cn2)cc(Cl)c1OS(=O)(=O)c1ccc(C)cc1. The fourth-order valence-electron chi connectivity index (χ4n) is 2.49. The van der Waals surface area contributed by atoms with E-state index in [4.69, 9.17) is 20.5 Å². The molecule has 10 nitrogen and oxygen atoms in total. The van der Waals surface area contributed by atoms with E-state index in [0.717, 1.165) is 11.8 Å². The molecule has 2 aromatic carbocycles. The van der Waals surface area contributed by atoms with Crippen LogP contribution in [0.2, 0.25) is 5.02 Å². The molecule has 166 valence electrons. The summed E-state index contributed by atoms with van der Waals surface area (Å²) in [7, 11) is -2.78. The van der Waals surface area contributed by atoms with Gasteiger partial charge in [-0.2, -0.15) is 13.5 Å². The average Bonchev–Trinajstić information content (AvgIpc) is 2.76. The predicted octanol–water partition coefficient (Wildman–Crippen LogP) is 4.17. The zero-order chi connectivity index (χ0) is 23.3. The molecule has 12 heteroatoms. The van der Waals surface area contributed by atoms with Crippen LogP contribution in [0.15, 0.2) is 64.7 Å². The van der Waals surface area contributed by atoms with E-state index in [1.54, 1.807) is 12.1 Å². The number of aryl methyl sites for hydroxylation is 1. The molecule has 1 heterocycles. The van der Waals surface area contributed by atoms with Crippen molar-refractivity contribution >= 4 is 39.4 Å². The Hall–Kier alpha value is -3.70. The minimum atomic E-state index is -4.13. The molecule has 0 spiro atoms. The van der Waals surface area contributed by atoms with Crippen LogP contribution in [0.25, 0.3) is 0 Å². The van der Waals surface area contributed by atoms with Crippen LogP contribution >= 0.6 is 11.6 Å². The van der Waals surface area contributed by atoms with Gasteiger partial charge < -0.3 is 8.92 Å². The van der Waals surface area contributed by atoms with E-state index in [1.807, 2.05) is 6.92 Å². The molecule has 0 saturated carbocycles. The van der Waals surface area contributed by atoms with Crippen LogP contribution in [0.1, 0.15) is 11.1 Å². The van der Waals surface area contributed by atoms with Gasteiger partial charge in [0.25, 0.3) is 5.69 Å². The van der Waals surface area contributed by atoms with Crippen molar-refractivity contribution < 1.29 is 22.3 Å². The number of halogens is 1. The first kappa shape index (κ1) is 23.0. The fraction of sp³-hybridized carbons (Fsp3) is 0.100. The summed E-state index contributed by atoms with van der Waals surface area (Å²) in [5.74, 6) is 0.217. The first-order valence-electron chi connectivity index (χ1n) is 8.98. The van der Waals surface area contributed by atoms with Gasteiger partial charge in [0.05, 0.1) is 23.3 Å². The zero-order valence-electron chi connectivity index (χ0n) is 16.9. The number of hydrazone groups is 1. The number of pyridine rings is 1. The van der Waals surface area contributed by atoms with Gasteiger partial charge in [-0.1, -0.05) is 29.3 Å². The van der Waals surface area contributed by atoms with Crippen LogP contribution in [0.4, 0.5) is 11.5 Å². The smallest absolute Gasteiger partial charge is 0.339 e. The van der Waals surface area contributed by atoms with Gasteiger partial charge in [-0.3, -0.25) is 15.5 Å². The molecule has 1 aromatic heterocycles. The van der Waals surface area contributed by atoms with Crippen LogP contribution < -0.4 is 14.3 Å². The van der Waals surface area contributed by atoms with Gasteiger partial charge in [0, 0.05) is 6.07 Å². The number of nitrogens with zero attached hydrogens (tertiary/aromatic N) is 3. The van der Waals surface area contributed by atoms with E-state index in [-0.39, 0.29) is 32.9 Å². The highest BCUT2D eigenvalue weighted by Gasteiger charge is 2.22. The van der Waals surface area contributed by atoms with E-state index in [9.17, 15) is 18.5 Å². The molecule has 0 amide bonds. The number of anilines is 1. The highest BCUT2D eigenvalue weighted by atomic mass is 35.5. The van der Waals surface area contributed by atoms with Crippen LogP contribution in [-0.2, 0) is 10.1 Å². The minimum Gasteiger partial charge on any atom is -0.493 e. The van der Waals surface area contributed by atoms with E-state index in [1.165, 1.54) is 49.7 Å². The number of nitrogens with one attached hydrogen (secondary N) is 1. The Morgan fingerprint density at radius 3 is 2.50 bits per heavy atom. The van der Waals surface area contributed by atoms with Crippen LogP contribution in [0.3, 0.4) is 0 Å². The molecule has 1 N–H and O–H groups in total. The first-order valence-corrected chi connectivity index (χ1v) is 10.8. The van der Waals surface area contributed by atoms with Gasteiger partial charge in [0.1, 0.15) is 16.9 Å². The lowest BCUT2D eigenvalue weighted by Gasteiger charge is -2.13. The molecule has 0 saturated heterocycles. The van der Waals surface area contributed by atoms with Crippen LogP contribution in [-0.4, -0.2) is 31.6 Å². The van der Waals surface area contributed by atoms with Crippen molar-refractivity contribution in [2.45, 2.75) is 11.8 Å².